The van der Waals surface area contributed by atoms with Gasteiger partial charge in [0, 0.05) is 5.56 Å². The molecule has 1 aromatic rings. The molecular weight excluding hydrogens is 199 g/mol. The Labute approximate surface area is 86.3 Å². The fourth-order valence-electron chi connectivity index (χ4n) is 0.981. The van der Waals surface area contributed by atoms with Gasteiger partial charge in [0.05, 0.1) is 0 Å². The Balaban J connectivity index is 2.73. The molecule has 0 saturated heterocycles. The van der Waals surface area contributed by atoms with Crippen LogP contribution in [-0.2, 0) is 4.79 Å². The van der Waals surface area contributed by atoms with E-state index < -0.39 is 23.7 Å². The summed E-state index contributed by atoms with van der Waals surface area (Å²) in [7, 11) is 0. The zero-order chi connectivity index (χ0) is 11.4. The number of primary amides is 1. The second-order valence-corrected chi connectivity index (χ2v) is 3.11. The minimum Gasteiger partial charge on any atom is -0.368 e. The first-order valence-corrected chi connectivity index (χ1v) is 4.36. The lowest BCUT2D eigenvalue weighted by Gasteiger charge is -2.09. The second-order valence-electron chi connectivity index (χ2n) is 3.11. The summed E-state index contributed by atoms with van der Waals surface area (Å²) in [6.45, 7) is 1.46. The van der Waals surface area contributed by atoms with Gasteiger partial charge in [0.25, 0.3) is 5.91 Å². The number of nitrogens with two attached hydrogens (primary N) is 1. The summed E-state index contributed by atoms with van der Waals surface area (Å²) < 4.78 is 12.8. The van der Waals surface area contributed by atoms with Crippen molar-refractivity contribution in [3.05, 3.63) is 35.6 Å². The second kappa shape index (κ2) is 4.54. The van der Waals surface area contributed by atoms with Gasteiger partial charge in [-0.1, -0.05) is 6.07 Å². The lowest BCUT2D eigenvalue weighted by molar-refractivity contribution is -0.119. The van der Waals surface area contributed by atoms with E-state index >= 15 is 0 Å². The normalized spacial score (nSPS) is 11.9. The first-order chi connectivity index (χ1) is 7.00. The highest BCUT2D eigenvalue weighted by Gasteiger charge is 2.13. The molecule has 2 amide bonds. The molecule has 5 heteroatoms. The number of carbonyl (C=O) groups excluding carboxylic acids is 2. The van der Waals surface area contributed by atoms with Crippen LogP contribution in [0, 0.1) is 5.82 Å². The van der Waals surface area contributed by atoms with Crippen molar-refractivity contribution in [2.45, 2.75) is 13.0 Å². The zero-order valence-corrected chi connectivity index (χ0v) is 8.16. The van der Waals surface area contributed by atoms with Gasteiger partial charge in [-0.15, -0.1) is 0 Å². The van der Waals surface area contributed by atoms with Gasteiger partial charge in [-0.25, -0.2) is 4.39 Å². The number of halogens is 1. The van der Waals surface area contributed by atoms with E-state index in [0.717, 1.165) is 6.07 Å². The van der Waals surface area contributed by atoms with E-state index in [-0.39, 0.29) is 5.56 Å². The SMILES string of the molecule is C[C@H](NC(=O)c1cccc(F)c1)C(N)=O. The molecular formula is C10H11FN2O2. The Morgan fingerprint density at radius 1 is 1.47 bits per heavy atom. The largest absolute Gasteiger partial charge is 0.368 e. The number of amides is 2. The third kappa shape index (κ3) is 3.05. The molecule has 4 nitrogen and oxygen atoms in total. The van der Waals surface area contributed by atoms with Crippen LogP contribution in [0.3, 0.4) is 0 Å². The average Bonchev–Trinajstić information content (AvgIpc) is 2.17. The number of hydrogen-bond donors (Lipinski definition) is 2. The molecule has 3 N–H and O–H groups in total. The highest BCUT2D eigenvalue weighted by atomic mass is 19.1. The molecule has 0 unspecified atom stereocenters. The molecule has 0 heterocycles. The van der Waals surface area contributed by atoms with Crippen LogP contribution in [0.2, 0.25) is 0 Å². The summed E-state index contributed by atoms with van der Waals surface area (Å²) in [5, 5.41) is 2.34. The molecule has 0 aliphatic rings. The Morgan fingerprint density at radius 2 is 2.13 bits per heavy atom. The summed E-state index contributed by atoms with van der Waals surface area (Å²) >= 11 is 0. The van der Waals surface area contributed by atoms with Gasteiger partial charge >= 0.3 is 0 Å². The molecule has 0 aliphatic heterocycles. The molecule has 1 atom stereocenters. The fourth-order valence-corrected chi connectivity index (χ4v) is 0.981. The standard InChI is InChI=1S/C10H11FN2O2/c1-6(9(12)14)13-10(15)7-3-2-4-8(11)5-7/h2-6H,1H3,(H2,12,14)(H,13,15)/t6-/m0/s1. The fraction of sp³-hybridized carbons (Fsp3) is 0.200. The first-order valence-electron chi connectivity index (χ1n) is 4.36. The van der Waals surface area contributed by atoms with Crippen molar-refractivity contribution in [1.82, 2.24) is 5.32 Å². The molecule has 80 valence electrons. The topological polar surface area (TPSA) is 72.2 Å². The molecule has 0 bridgehead atoms. The van der Waals surface area contributed by atoms with Crippen LogP contribution in [-0.4, -0.2) is 17.9 Å². The van der Waals surface area contributed by atoms with Crippen molar-refractivity contribution in [2.24, 2.45) is 5.73 Å². The minimum absolute atomic E-state index is 0.156. The molecule has 0 fully saturated rings. The van der Waals surface area contributed by atoms with Gasteiger partial charge in [0.2, 0.25) is 5.91 Å². The Bertz CT molecular complexity index is 393. The van der Waals surface area contributed by atoms with Crippen molar-refractivity contribution in [2.75, 3.05) is 0 Å². The molecule has 1 rings (SSSR count). The van der Waals surface area contributed by atoms with E-state index in [1.807, 2.05) is 0 Å². The van der Waals surface area contributed by atoms with Crippen molar-refractivity contribution in [1.29, 1.82) is 0 Å². The number of carbonyl (C=O) groups is 2. The quantitative estimate of drug-likeness (QED) is 0.759. The summed E-state index contributed by atoms with van der Waals surface area (Å²) in [5.41, 5.74) is 5.12. The zero-order valence-electron chi connectivity index (χ0n) is 8.16. The highest BCUT2D eigenvalue weighted by molar-refractivity contribution is 5.97. The van der Waals surface area contributed by atoms with E-state index in [0.29, 0.717) is 0 Å². The number of rotatable bonds is 3. The predicted molar refractivity (Wildman–Crippen MR) is 52.5 cm³/mol. The molecule has 1 aromatic carbocycles. The Kier molecular flexibility index (Phi) is 3.38. The smallest absolute Gasteiger partial charge is 0.252 e. The van der Waals surface area contributed by atoms with Crippen LogP contribution in [0.4, 0.5) is 4.39 Å². The monoisotopic (exact) mass is 210 g/mol. The van der Waals surface area contributed by atoms with E-state index in [1.54, 1.807) is 0 Å². The van der Waals surface area contributed by atoms with Gasteiger partial charge in [0.15, 0.2) is 0 Å². The number of hydrogen-bond acceptors (Lipinski definition) is 2. The predicted octanol–water partition coefficient (Wildman–Crippen LogP) is 0.429. The maximum atomic E-state index is 12.8. The molecule has 0 aromatic heterocycles. The highest BCUT2D eigenvalue weighted by Crippen LogP contribution is 2.03. The van der Waals surface area contributed by atoms with Crippen LogP contribution >= 0.6 is 0 Å². The Morgan fingerprint density at radius 3 is 2.67 bits per heavy atom. The molecule has 0 radical (unpaired) electrons. The van der Waals surface area contributed by atoms with Gasteiger partial charge in [-0.3, -0.25) is 9.59 Å². The van der Waals surface area contributed by atoms with Crippen LogP contribution in [0.25, 0.3) is 0 Å². The maximum absolute atomic E-state index is 12.8. The summed E-state index contributed by atoms with van der Waals surface area (Å²) in [4.78, 5) is 22.1. The van der Waals surface area contributed by atoms with E-state index in [9.17, 15) is 14.0 Å². The van der Waals surface area contributed by atoms with Crippen molar-refractivity contribution < 1.29 is 14.0 Å². The molecule has 15 heavy (non-hydrogen) atoms. The van der Waals surface area contributed by atoms with Crippen molar-refractivity contribution in [3.8, 4) is 0 Å². The molecule has 0 saturated carbocycles. The van der Waals surface area contributed by atoms with Crippen LogP contribution in [0.5, 0.6) is 0 Å². The third-order valence-corrected chi connectivity index (χ3v) is 1.86. The van der Waals surface area contributed by atoms with Crippen LogP contribution < -0.4 is 11.1 Å². The molecule has 0 aliphatic carbocycles. The van der Waals surface area contributed by atoms with E-state index in [2.05, 4.69) is 5.32 Å². The Hall–Kier alpha value is -1.91. The average molecular weight is 210 g/mol. The van der Waals surface area contributed by atoms with Crippen molar-refractivity contribution in [3.63, 3.8) is 0 Å². The summed E-state index contributed by atoms with van der Waals surface area (Å²) in [6, 6.07) is 4.41. The molecule has 0 spiro atoms. The lowest BCUT2D eigenvalue weighted by atomic mass is 10.2. The number of benzene rings is 1. The third-order valence-electron chi connectivity index (χ3n) is 1.86. The lowest BCUT2D eigenvalue weighted by Crippen LogP contribution is -2.42. The van der Waals surface area contributed by atoms with Gasteiger partial charge < -0.3 is 11.1 Å². The maximum Gasteiger partial charge on any atom is 0.252 e. The number of nitrogens with one attached hydrogen (secondary N) is 1. The van der Waals surface area contributed by atoms with Gasteiger partial charge in [-0.2, -0.15) is 0 Å². The van der Waals surface area contributed by atoms with Crippen LogP contribution in [0.1, 0.15) is 17.3 Å². The van der Waals surface area contributed by atoms with Crippen LogP contribution in [0.15, 0.2) is 24.3 Å². The first kappa shape index (κ1) is 11.2. The van der Waals surface area contributed by atoms with Gasteiger partial charge in [0.1, 0.15) is 11.9 Å². The van der Waals surface area contributed by atoms with Crippen molar-refractivity contribution >= 4 is 11.8 Å². The summed E-state index contributed by atoms with van der Waals surface area (Å²) in [6.07, 6.45) is 0. The van der Waals surface area contributed by atoms with E-state index in [4.69, 9.17) is 5.73 Å². The van der Waals surface area contributed by atoms with E-state index in [1.165, 1.54) is 25.1 Å². The van der Waals surface area contributed by atoms with Gasteiger partial charge in [-0.05, 0) is 25.1 Å². The summed E-state index contributed by atoms with van der Waals surface area (Å²) in [5.74, 6) is -1.67. The minimum atomic E-state index is -0.777.